The molecule has 0 bridgehead atoms. The van der Waals surface area contributed by atoms with Crippen molar-refractivity contribution in [3.8, 4) is 0 Å². The number of carbonyl (C=O) groups excluding carboxylic acids is 1. The van der Waals surface area contributed by atoms with Crippen molar-refractivity contribution in [2.24, 2.45) is 0 Å². The summed E-state index contributed by atoms with van der Waals surface area (Å²) in [6.07, 6.45) is 0.200. The maximum Gasteiger partial charge on any atom is 0.256 e. The fraction of sp³-hybridized carbons (Fsp3) is 0.308. The van der Waals surface area contributed by atoms with Gasteiger partial charge in [0, 0.05) is 32.7 Å². The molecule has 0 saturated heterocycles. The van der Waals surface area contributed by atoms with E-state index >= 15 is 0 Å². The first kappa shape index (κ1) is 19.0. The molecule has 0 spiro atoms. The minimum absolute atomic E-state index is 0. The second-order valence-corrected chi connectivity index (χ2v) is 5.66. The van der Waals surface area contributed by atoms with Crippen molar-refractivity contribution in [3.05, 3.63) is 41.5 Å². The SMILES string of the molecule is O=C1C(I)C[C-]=C(c2ccc(F)cc2F)N1CC(F)F.[Y]. The summed E-state index contributed by atoms with van der Waals surface area (Å²) in [5.74, 6) is -2.21. The summed E-state index contributed by atoms with van der Waals surface area (Å²) in [4.78, 5) is 12.8. The predicted molar refractivity (Wildman–Crippen MR) is 73.2 cm³/mol. The van der Waals surface area contributed by atoms with Crippen LogP contribution >= 0.6 is 22.6 Å². The smallest absolute Gasteiger partial charge is 0.256 e. The molecule has 21 heavy (non-hydrogen) atoms. The van der Waals surface area contributed by atoms with Crippen LogP contribution in [0.4, 0.5) is 17.6 Å². The standard InChI is InChI=1S/C13H9F4INO.Y/c14-7-1-2-8(9(15)5-7)11-4-3-10(18)13(20)19(11)6-12(16)17;/h1-2,5,10,12H,3,6H2;/q-1;. The first-order chi connectivity index (χ1) is 9.40. The number of halogens is 5. The number of carbonyl (C=O) groups is 1. The van der Waals surface area contributed by atoms with Gasteiger partial charge in [-0.05, 0) is 12.1 Å². The van der Waals surface area contributed by atoms with Crippen molar-refractivity contribution in [1.29, 1.82) is 0 Å². The molecule has 111 valence electrons. The molecule has 1 atom stereocenters. The molecule has 0 fully saturated rings. The molecule has 0 saturated carbocycles. The van der Waals surface area contributed by atoms with Crippen LogP contribution in [0.25, 0.3) is 5.70 Å². The third-order valence-corrected chi connectivity index (χ3v) is 3.73. The summed E-state index contributed by atoms with van der Waals surface area (Å²) in [7, 11) is 0. The van der Waals surface area contributed by atoms with Gasteiger partial charge in [-0.3, -0.25) is 4.79 Å². The molecule has 1 aliphatic heterocycles. The Morgan fingerprint density at radius 2 is 2.05 bits per heavy atom. The van der Waals surface area contributed by atoms with Crippen molar-refractivity contribution in [2.75, 3.05) is 6.54 Å². The van der Waals surface area contributed by atoms with Crippen LogP contribution in [-0.4, -0.2) is 27.7 Å². The van der Waals surface area contributed by atoms with Crippen LogP contribution in [0.2, 0.25) is 0 Å². The zero-order valence-electron chi connectivity index (χ0n) is 10.6. The summed E-state index contributed by atoms with van der Waals surface area (Å²) in [5, 5.41) is 0. The van der Waals surface area contributed by atoms with Gasteiger partial charge in [-0.1, -0.05) is 29.0 Å². The summed E-state index contributed by atoms with van der Waals surface area (Å²) in [5.41, 5.74) is -0.163. The number of allylic oxidation sites excluding steroid dienone is 1. The van der Waals surface area contributed by atoms with E-state index in [0.29, 0.717) is 6.07 Å². The van der Waals surface area contributed by atoms with E-state index in [1.807, 2.05) is 22.6 Å². The minimum atomic E-state index is -2.75. The summed E-state index contributed by atoms with van der Waals surface area (Å²) >= 11 is 1.82. The van der Waals surface area contributed by atoms with E-state index in [9.17, 15) is 22.4 Å². The van der Waals surface area contributed by atoms with Crippen LogP contribution < -0.4 is 0 Å². The first-order valence-electron chi connectivity index (χ1n) is 5.70. The topological polar surface area (TPSA) is 20.3 Å². The van der Waals surface area contributed by atoms with Gasteiger partial charge in [0.25, 0.3) is 6.43 Å². The zero-order chi connectivity index (χ0) is 14.9. The quantitative estimate of drug-likeness (QED) is 0.277. The summed E-state index contributed by atoms with van der Waals surface area (Å²) < 4.78 is 51.3. The average molecular weight is 487 g/mol. The van der Waals surface area contributed by atoms with Crippen LogP contribution in [-0.2, 0) is 37.5 Å². The number of hydrogen-bond acceptors (Lipinski definition) is 1. The molecule has 1 amide bonds. The molecule has 1 aromatic carbocycles. The van der Waals surface area contributed by atoms with Crippen molar-refractivity contribution >= 4 is 34.2 Å². The Morgan fingerprint density at radius 1 is 1.38 bits per heavy atom. The second kappa shape index (κ2) is 8.01. The fourth-order valence-corrected chi connectivity index (χ4v) is 2.45. The molecule has 1 aromatic rings. The Hall–Kier alpha value is -0.0161. The van der Waals surface area contributed by atoms with E-state index in [1.54, 1.807) is 0 Å². The number of hydrogen-bond donors (Lipinski definition) is 0. The van der Waals surface area contributed by atoms with Crippen LogP contribution in [0.15, 0.2) is 18.2 Å². The largest absolute Gasteiger partial charge is 0.341 e. The van der Waals surface area contributed by atoms with Gasteiger partial charge in [-0.15, -0.1) is 17.3 Å². The molecule has 1 unspecified atom stereocenters. The Balaban J connectivity index is 0.00000220. The molecule has 1 aliphatic rings. The van der Waals surface area contributed by atoms with Gasteiger partial charge in [0.05, 0.1) is 16.3 Å². The zero-order valence-corrected chi connectivity index (χ0v) is 15.6. The van der Waals surface area contributed by atoms with Crippen LogP contribution in [0.3, 0.4) is 0 Å². The molecule has 8 heteroatoms. The van der Waals surface area contributed by atoms with Crippen molar-refractivity contribution in [3.63, 3.8) is 0 Å². The van der Waals surface area contributed by atoms with Crippen LogP contribution in [0, 0.1) is 17.7 Å². The van der Waals surface area contributed by atoms with Crippen molar-refractivity contribution < 1.29 is 55.1 Å². The third-order valence-electron chi connectivity index (χ3n) is 2.76. The Morgan fingerprint density at radius 3 is 2.62 bits per heavy atom. The third kappa shape index (κ3) is 4.48. The number of nitrogens with zero attached hydrogens (tertiary/aromatic N) is 1. The fourth-order valence-electron chi connectivity index (χ4n) is 1.89. The van der Waals surface area contributed by atoms with E-state index in [2.05, 4.69) is 6.08 Å². The predicted octanol–water partition coefficient (Wildman–Crippen LogP) is 3.41. The first-order valence-corrected chi connectivity index (χ1v) is 6.94. The Kier molecular flexibility index (Phi) is 7.26. The summed E-state index contributed by atoms with van der Waals surface area (Å²) in [6.45, 7) is -0.836. The molecule has 0 aliphatic carbocycles. The van der Waals surface area contributed by atoms with Crippen molar-refractivity contribution in [1.82, 2.24) is 4.90 Å². The molecule has 2 rings (SSSR count). The normalized spacial score (nSPS) is 18.6. The number of amides is 1. The monoisotopic (exact) mass is 487 g/mol. The molecular weight excluding hydrogens is 478 g/mol. The van der Waals surface area contributed by atoms with Gasteiger partial charge in [-0.25, -0.2) is 23.6 Å². The molecule has 0 N–H and O–H groups in total. The second-order valence-electron chi connectivity index (χ2n) is 4.16. The number of rotatable bonds is 3. The van der Waals surface area contributed by atoms with E-state index in [4.69, 9.17) is 0 Å². The average Bonchev–Trinajstić information content (AvgIpc) is 2.36. The maximum absolute atomic E-state index is 13.7. The molecule has 1 heterocycles. The van der Waals surface area contributed by atoms with Gasteiger partial charge >= 0.3 is 0 Å². The van der Waals surface area contributed by atoms with Gasteiger partial charge in [0.15, 0.2) is 0 Å². The van der Waals surface area contributed by atoms with Gasteiger partial charge < -0.3 is 4.90 Å². The molecular formula is C13H9F4INOY-. The Bertz CT molecular complexity index is 567. The van der Waals surface area contributed by atoms with Gasteiger partial charge in [-0.2, -0.15) is 0 Å². The number of alkyl halides is 3. The Labute approximate surface area is 158 Å². The molecule has 0 aromatic heterocycles. The van der Waals surface area contributed by atoms with E-state index in [1.165, 1.54) is 0 Å². The van der Waals surface area contributed by atoms with Crippen LogP contribution in [0.5, 0.6) is 0 Å². The molecule has 1 radical (unpaired) electrons. The van der Waals surface area contributed by atoms with E-state index < -0.39 is 34.4 Å². The van der Waals surface area contributed by atoms with E-state index in [-0.39, 0.29) is 50.4 Å². The maximum atomic E-state index is 13.7. The van der Waals surface area contributed by atoms with Crippen molar-refractivity contribution in [2.45, 2.75) is 16.8 Å². The molecule has 2 nitrogen and oxygen atoms in total. The van der Waals surface area contributed by atoms with Gasteiger partial charge in [0.2, 0.25) is 5.91 Å². The van der Waals surface area contributed by atoms with E-state index in [0.717, 1.165) is 17.0 Å². The number of benzene rings is 1. The summed E-state index contributed by atoms with van der Waals surface area (Å²) in [6, 6.07) is 2.77. The van der Waals surface area contributed by atoms with Gasteiger partial charge in [0.1, 0.15) is 5.82 Å². The van der Waals surface area contributed by atoms with Crippen LogP contribution in [0.1, 0.15) is 12.0 Å². The minimum Gasteiger partial charge on any atom is -0.341 e.